The van der Waals surface area contributed by atoms with E-state index in [0.29, 0.717) is 18.5 Å². The molecule has 1 unspecified atom stereocenters. The molecule has 1 heterocycles. The summed E-state index contributed by atoms with van der Waals surface area (Å²) in [5.74, 6) is -0.504. The Morgan fingerprint density at radius 1 is 1.32 bits per heavy atom. The van der Waals surface area contributed by atoms with Crippen LogP contribution in [0.2, 0.25) is 0 Å². The van der Waals surface area contributed by atoms with E-state index in [0.717, 1.165) is 5.56 Å². The van der Waals surface area contributed by atoms with Gasteiger partial charge in [-0.25, -0.2) is 0 Å². The number of methoxy groups -OCH3 is 1. The van der Waals surface area contributed by atoms with Crippen LogP contribution in [0.15, 0.2) is 40.9 Å². The van der Waals surface area contributed by atoms with E-state index in [9.17, 15) is 14.7 Å². The summed E-state index contributed by atoms with van der Waals surface area (Å²) in [5, 5.41) is 19.3. The molecule has 8 nitrogen and oxygen atoms in total. The van der Waals surface area contributed by atoms with Crippen LogP contribution in [0.5, 0.6) is 0 Å². The first kappa shape index (κ1) is 20.0. The van der Waals surface area contributed by atoms with Gasteiger partial charge < -0.3 is 25.0 Å². The number of carbonyl (C=O) groups excluding carboxylic acids is 2. The molecule has 1 aliphatic rings. The lowest BCUT2D eigenvalue weighted by molar-refractivity contribution is -0.129. The van der Waals surface area contributed by atoms with E-state index in [-0.39, 0.29) is 42.2 Å². The molecule has 2 atom stereocenters. The third-order valence-electron chi connectivity index (χ3n) is 5.05. The van der Waals surface area contributed by atoms with E-state index in [1.165, 1.54) is 7.11 Å². The third-order valence-corrected chi connectivity index (χ3v) is 5.05. The molecule has 1 saturated carbocycles. The number of nitrogens with one attached hydrogen (secondary N) is 2. The summed E-state index contributed by atoms with van der Waals surface area (Å²) in [5.41, 5.74) is 1.47. The molecule has 0 saturated heterocycles. The largest absolute Gasteiger partial charge is 0.389 e. The fourth-order valence-corrected chi connectivity index (χ4v) is 3.01. The van der Waals surface area contributed by atoms with Crippen molar-refractivity contribution in [2.24, 2.45) is 5.92 Å². The van der Waals surface area contributed by atoms with E-state index in [2.05, 4.69) is 15.8 Å². The number of ether oxygens (including phenoxy) is 1. The maximum Gasteiger partial charge on any atom is 0.290 e. The van der Waals surface area contributed by atoms with Crippen molar-refractivity contribution in [3.63, 3.8) is 0 Å². The molecule has 0 bridgehead atoms. The standard InChI is InChI=1S/C20H25N3O5/c1-12(27-2)17(24)11-21-19(25)14-8-15(9-14)22-20(26)18-10-16(23-28-18)13-6-4-3-5-7-13/h3-7,10,12,14-15,17,24H,8-9,11H2,1-2H3,(H,21,25)(H,22,26)/t12-,14?,15?,17?/m1/s1. The second-order valence-corrected chi connectivity index (χ2v) is 7.03. The van der Waals surface area contributed by atoms with Crippen LogP contribution < -0.4 is 10.6 Å². The van der Waals surface area contributed by atoms with E-state index < -0.39 is 6.10 Å². The van der Waals surface area contributed by atoms with E-state index in [1.54, 1.807) is 13.0 Å². The predicted octanol–water partition coefficient (Wildman–Crippen LogP) is 1.36. The number of benzene rings is 1. The third kappa shape index (κ3) is 4.76. The second kappa shape index (κ2) is 8.99. The average molecular weight is 387 g/mol. The molecule has 0 spiro atoms. The Morgan fingerprint density at radius 3 is 2.71 bits per heavy atom. The molecular weight excluding hydrogens is 362 g/mol. The van der Waals surface area contributed by atoms with Crippen molar-refractivity contribution in [3.05, 3.63) is 42.2 Å². The van der Waals surface area contributed by atoms with Gasteiger partial charge in [0.05, 0.1) is 12.2 Å². The molecule has 0 radical (unpaired) electrons. The Morgan fingerprint density at radius 2 is 2.04 bits per heavy atom. The zero-order valence-electron chi connectivity index (χ0n) is 15.9. The number of hydrogen-bond acceptors (Lipinski definition) is 6. The molecule has 0 aliphatic heterocycles. The minimum atomic E-state index is -0.755. The van der Waals surface area contributed by atoms with Crippen LogP contribution in [0.4, 0.5) is 0 Å². The van der Waals surface area contributed by atoms with E-state index in [1.807, 2.05) is 30.3 Å². The van der Waals surface area contributed by atoms with Crippen LogP contribution in [0.3, 0.4) is 0 Å². The Bertz CT molecular complexity index is 801. The van der Waals surface area contributed by atoms with Crippen molar-refractivity contribution in [1.29, 1.82) is 0 Å². The first-order valence-corrected chi connectivity index (χ1v) is 9.29. The number of nitrogens with zero attached hydrogens (tertiary/aromatic N) is 1. The normalized spacial score (nSPS) is 20.7. The van der Waals surface area contributed by atoms with Gasteiger partial charge in [0.15, 0.2) is 0 Å². The van der Waals surface area contributed by atoms with Gasteiger partial charge in [-0.15, -0.1) is 0 Å². The van der Waals surface area contributed by atoms with Gasteiger partial charge >= 0.3 is 0 Å². The summed E-state index contributed by atoms with van der Waals surface area (Å²) in [6.07, 6.45) is -0.00779. The van der Waals surface area contributed by atoms with E-state index >= 15 is 0 Å². The minimum absolute atomic E-state index is 0.0867. The fraction of sp³-hybridized carbons (Fsp3) is 0.450. The molecule has 1 aliphatic carbocycles. The molecule has 8 heteroatoms. The van der Waals surface area contributed by atoms with Crippen LogP contribution in [-0.4, -0.2) is 54.0 Å². The van der Waals surface area contributed by atoms with Gasteiger partial charge in [0.2, 0.25) is 11.7 Å². The van der Waals surface area contributed by atoms with Crippen molar-refractivity contribution < 1.29 is 24.0 Å². The summed E-state index contributed by atoms with van der Waals surface area (Å²) in [6.45, 7) is 1.88. The molecule has 2 aromatic rings. The van der Waals surface area contributed by atoms with Crippen LogP contribution in [0, 0.1) is 5.92 Å². The average Bonchev–Trinajstić information content (AvgIpc) is 3.18. The summed E-state index contributed by atoms with van der Waals surface area (Å²) in [7, 11) is 1.51. The highest BCUT2D eigenvalue weighted by Crippen LogP contribution is 2.28. The molecule has 1 fully saturated rings. The van der Waals surface area contributed by atoms with Crippen LogP contribution in [-0.2, 0) is 9.53 Å². The number of aliphatic hydroxyl groups is 1. The summed E-state index contributed by atoms with van der Waals surface area (Å²) < 4.78 is 10.2. The number of amides is 2. The molecule has 150 valence electrons. The number of aromatic nitrogens is 1. The lowest BCUT2D eigenvalue weighted by Crippen LogP contribution is -2.50. The minimum Gasteiger partial charge on any atom is -0.389 e. The number of hydrogen-bond donors (Lipinski definition) is 3. The molecule has 28 heavy (non-hydrogen) atoms. The van der Waals surface area contributed by atoms with Gasteiger partial charge in [0.25, 0.3) is 5.91 Å². The first-order valence-electron chi connectivity index (χ1n) is 9.29. The summed E-state index contributed by atoms with van der Waals surface area (Å²) >= 11 is 0. The molecule has 1 aromatic carbocycles. The van der Waals surface area contributed by atoms with Crippen LogP contribution in [0.1, 0.15) is 30.3 Å². The van der Waals surface area contributed by atoms with Gasteiger partial charge in [0, 0.05) is 37.2 Å². The SMILES string of the molecule is CO[C@H](C)C(O)CNC(=O)C1CC(NC(=O)c2cc(-c3ccccc3)no2)C1. The monoisotopic (exact) mass is 387 g/mol. The number of aliphatic hydroxyl groups excluding tert-OH is 1. The highest BCUT2D eigenvalue weighted by atomic mass is 16.5. The Labute approximate surface area is 163 Å². The maximum atomic E-state index is 12.3. The van der Waals surface area contributed by atoms with Crippen molar-refractivity contribution in [3.8, 4) is 11.3 Å². The van der Waals surface area contributed by atoms with Crippen LogP contribution in [0.25, 0.3) is 11.3 Å². The predicted molar refractivity (Wildman–Crippen MR) is 101 cm³/mol. The van der Waals surface area contributed by atoms with Gasteiger partial charge in [-0.05, 0) is 19.8 Å². The molecule has 3 N–H and O–H groups in total. The topological polar surface area (TPSA) is 114 Å². The quantitative estimate of drug-likeness (QED) is 0.630. The van der Waals surface area contributed by atoms with Crippen molar-refractivity contribution in [1.82, 2.24) is 15.8 Å². The van der Waals surface area contributed by atoms with Crippen molar-refractivity contribution >= 4 is 11.8 Å². The zero-order valence-corrected chi connectivity index (χ0v) is 15.9. The first-order chi connectivity index (χ1) is 13.5. The van der Waals surface area contributed by atoms with Gasteiger partial charge in [-0.3, -0.25) is 9.59 Å². The summed E-state index contributed by atoms with van der Waals surface area (Å²) in [6, 6.07) is 11.0. The lowest BCUT2D eigenvalue weighted by Gasteiger charge is -2.34. The lowest BCUT2D eigenvalue weighted by atomic mass is 9.79. The van der Waals surface area contributed by atoms with Crippen molar-refractivity contribution in [2.45, 2.75) is 38.0 Å². The molecule has 3 rings (SSSR count). The Balaban J connectivity index is 1.43. The van der Waals surface area contributed by atoms with Gasteiger partial charge in [-0.2, -0.15) is 0 Å². The zero-order chi connectivity index (χ0) is 20.1. The molecule has 2 amide bonds. The van der Waals surface area contributed by atoms with Crippen LogP contribution >= 0.6 is 0 Å². The molecular formula is C20H25N3O5. The number of rotatable bonds is 8. The Kier molecular flexibility index (Phi) is 6.43. The van der Waals surface area contributed by atoms with Crippen molar-refractivity contribution in [2.75, 3.05) is 13.7 Å². The highest BCUT2D eigenvalue weighted by molar-refractivity contribution is 5.93. The summed E-state index contributed by atoms with van der Waals surface area (Å²) in [4.78, 5) is 24.4. The number of carbonyl (C=O) groups is 2. The second-order valence-electron chi connectivity index (χ2n) is 7.03. The van der Waals surface area contributed by atoms with Gasteiger partial charge in [0.1, 0.15) is 5.69 Å². The highest BCUT2D eigenvalue weighted by Gasteiger charge is 2.36. The smallest absolute Gasteiger partial charge is 0.290 e. The van der Waals surface area contributed by atoms with Gasteiger partial charge in [-0.1, -0.05) is 35.5 Å². The maximum absolute atomic E-state index is 12.3. The van der Waals surface area contributed by atoms with E-state index in [4.69, 9.17) is 9.26 Å². The Hall–Kier alpha value is -2.71. The fourth-order valence-electron chi connectivity index (χ4n) is 3.01. The molecule has 1 aromatic heterocycles.